The van der Waals surface area contributed by atoms with Crippen LogP contribution in [0.15, 0.2) is 12.7 Å². The fourth-order valence-corrected chi connectivity index (χ4v) is 1.19. The van der Waals surface area contributed by atoms with E-state index in [-0.39, 0.29) is 5.62 Å². The van der Waals surface area contributed by atoms with Gasteiger partial charge in [0.25, 0.3) is 0 Å². The summed E-state index contributed by atoms with van der Waals surface area (Å²) in [4.78, 5) is 26.3. The summed E-state index contributed by atoms with van der Waals surface area (Å²) in [6, 6.07) is 0. The Hall–Kier alpha value is -2.51. The quantitative estimate of drug-likeness (QED) is 0.486. The first-order chi connectivity index (χ1) is 7.33. The Morgan fingerprint density at radius 3 is 2.67 bits per heavy atom. The number of hydrogen-bond acceptors (Lipinski definition) is 7. The van der Waals surface area contributed by atoms with Gasteiger partial charge in [-0.3, -0.25) is 5.41 Å². The van der Waals surface area contributed by atoms with Crippen LogP contribution in [0.1, 0.15) is 0 Å². The van der Waals surface area contributed by atoms with Gasteiger partial charge in [-0.25, -0.2) is 19.9 Å². The van der Waals surface area contributed by atoms with Gasteiger partial charge in [-0.2, -0.15) is 9.97 Å². The van der Waals surface area contributed by atoms with Crippen molar-refractivity contribution in [3.8, 4) is 11.6 Å². The number of aromatic amines is 1. The molecule has 0 radical (unpaired) electrons. The molecule has 0 atom stereocenters. The third-order valence-corrected chi connectivity index (χ3v) is 1.80. The highest BCUT2D eigenvalue weighted by Crippen LogP contribution is 2.07. The van der Waals surface area contributed by atoms with Crippen LogP contribution in [0.5, 0.6) is 0 Å². The predicted molar refractivity (Wildman–Crippen MR) is 47.5 cm³/mol. The third-order valence-electron chi connectivity index (χ3n) is 1.80. The Balaban J connectivity index is 2.55. The molecule has 2 aliphatic heterocycles. The molecule has 0 saturated carbocycles. The minimum atomic E-state index is -0.167. The number of hydrogen-bond donors (Lipinski definition) is 2. The van der Waals surface area contributed by atoms with E-state index in [0.717, 1.165) is 0 Å². The summed E-state index contributed by atoms with van der Waals surface area (Å²) < 4.78 is 0. The van der Waals surface area contributed by atoms with Crippen LogP contribution in [0.25, 0.3) is 22.9 Å². The number of aromatic nitrogens is 7. The molecule has 0 unspecified atom stereocenters. The van der Waals surface area contributed by atoms with Crippen LogP contribution >= 0.6 is 0 Å². The number of H-pyrrole nitrogens is 1. The average molecular weight is 200 g/mol. The summed E-state index contributed by atoms with van der Waals surface area (Å²) in [7, 11) is 0. The van der Waals surface area contributed by atoms with Gasteiger partial charge in [0.15, 0.2) is 5.65 Å². The Bertz CT molecular complexity index is 658. The van der Waals surface area contributed by atoms with Gasteiger partial charge in [0.2, 0.25) is 22.9 Å². The molecular weight excluding hydrogens is 196 g/mol. The molecule has 3 heterocycles. The van der Waals surface area contributed by atoms with E-state index in [1.54, 1.807) is 0 Å². The maximum atomic E-state index is 7.47. The topological polar surface area (TPSA) is 117 Å². The Kier molecular flexibility index (Phi) is 1.43. The molecule has 2 N–H and O–H groups in total. The van der Waals surface area contributed by atoms with E-state index in [1.807, 2.05) is 0 Å². The highest BCUT2D eigenvalue weighted by molar-refractivity contribution is 5.65. The van der Waals surface area contributed by atoms with Crippen molar-refractivity contribution in [2.45, 2.75) is 0 Å². The second kappa shape index (κ2) is 2.74. The molecule has 3 rings (SSSR count). The molecular formula is C7H4N8. The van der Waals surface area contributed by atoms with Crippen molar-refractivity contribution < 1.29 is 0 Å². The maximum absolute atomic E-state index is 7.47. The number of rotatable bonds is 0. The zero-order chi connectivity index (χ0) is 10.3. The summed E-state index contributed by atoms with van der Waals surface area (Å²) >= 11 is 0. The first kappa shape index (κ1) is 7.85. The van der Waals surface area contributed by atoms with E-state index < -0.39 is 0 Å². The molecule has 0 amide bonds. The first-order valence-corrected chi connectivity index (χ1v) is 4.08. The van der Waals surface area contributed by atoms with Crippen molar-refractivity contribution in [3.63, 3.8) is 0 Å². The normalized spacial score (nSPS) is 10.9. The fraction of sp³-hybridized carbons (Fsp3) is 0. The highest BCUT2D eigenvalue weighted by atomic mass is 15.1. The molecule has 1 aromatic heterocycles. The van der Waals surface area contributed by atoms with Crippen LogP contribution in [0.3, 0.4) is 0 Å². The smallest absolute Gasteiger partial charge is 0.246 e. The molecule has 0 fully saturated rings. The molecule has 0 aliphatic carbocycles. The van der Waals surface area contributed by atoms with E-state index >= 15 is 0 Å². The zero-order valence-electron chi connectivity index (χ0n) is 7.34. The lowest BCUT2D eigenvalue weighted by atomic mass is 10.5. The summed E-state index contributed by atoms with van der Waals surface area (Å²) in [6.45, 7) is 0. The maximum Gasteiger partial charge on any atom is 0.246 e. The summed E-state index contributed by atoms with van der Waals surface area (Å²) in [5, 5.41) is 7.47. The van der Waals surface area contributed by atoms with Gasteiger partial charge in [-0.15, -0.1) is 0 Å². The van der Waals surface area contributed by atoms with Crippen LogP contribution in [0, 0.1) is 5.41 Å². The molecule has 1 aromatic rings. The number of nitrogens with zero attached hydrogens (tertiary/aromatic N) is 6. The Labute approximate surface area is 82.4 Å². The van der Waals surface area contributed by atoms with Crippen LogP contribution in [-0.4, -0.2) is 34.9 Å². The molecule has 0 bridgehead atoms. The summed E-state index contributed by atoms with van der Waals surface area (Å²) in [6.07, 6.45) is 2.79. The molecule has 0 saturated heterocycles. The van der Waals surface area contributed by atoms with Crippen molar-refractivity contribution in [2.75, 3.05) is 0 Å². The van der Waals surface area contributed by atoms with Crippen molar-refractivity contribution >= 4 is 11.3 Å². The van der Waals surface area contributed by atoms with Gasteiger partial charge in [-0.05, 0) is 0 Å². The van der Waals surface area contributed by atoms with E-state index in [4.69, 9.17) is 5.41 Å². The van der Waals surface area contributed by atoms with Crippen LogP contribution in [0.4, 0.5) is 0 Å². The molecule has 8 nitrogen and oxygen atoms in total. The van der Waals surface area contributed by atoms with E-state index in [9.17, 15) is 0 Å². The van der Waals surface area contributed by atoms with E-state index in [1.165, 1.54) is 12.7 Å². The lowest BCUT2D eigenvalue weighted by Crippen LogP contribution is -2.10. The van der Waals surface area contributed by atoms with Gasteiger partial charge in [-0.1, -0.05) is 0 Å². The minimum absolute atomic E-state index is 0.167. The van der Waals surface area contributed by atoms with E-state index in [2.05, 4.69) is 34.9 Å². The van der Waals surface area contributed by atoms with Crippen LogP contribution < -0.4 is 5.62 Å². The molecule has 72 valence electrons. The van der Waals surface area contributed by atoms with Gasteiger partial charge in [0, 0.05) is 0 Å². The molecule has 8 heteroatoms. The van der Waals surface area contributed by atoms with Crippen molar-refractivity contribution in [1.82, 2.24) is 34.9 Å². The highest BCUT2D eigenvalue weighted by Gasteiger charge is 2.08. The first-order valence-electron chi connectivity index (χ1n) is 4.08. The largest absolute Gasteiger partial charge is 0.328 e. The summed E-state index contributed by atoms with van der Waals surface area (Å²) in [5.74, 6) is 0.657. The van der Waals surface area contributed by atoms with Crippen molar-refractivity contribution in [2.24, 2.45) is 0 Å². The van der Waals surface area contributed by atoms with Gasteiger partial charge in [0.05, 0.1) is 6.33 Å². The molecule has 15 heavy (non-hydrogen) atoms. The number of imidazole rings is 2. The molecule has 0 aromatic carbocycles. The number of nitrogens with one attached hydrogen (secondary N) is 2. The Morgan fingerprint density at radius 2 is 1.80 bits per heavy atom. The third kappa shape index (κ3) is 1.19. The molecule has 2 aliphatic rings. The fourth-order valence-electron chi connectivity index (χ4n) is 1.19. The monoisotopic (exact) mass is 200 g/mol. The van der Waals surface area contributed by atoms with E-state index in [0.29, 0.717) is 22.9 Å². The average Bonchev–Trinajstić information content (AvgIpc) is 2.76. The van der Waals surface area contributed by atoms with Gasteiger partial charge in [0.1, 0.15) is 6.33 Å². The summed E-state index contributed by atoms with van der Waals surface area (Å²) in [5.41, 5.74) is 0.619. The lowest BCUT2D eigenvalue weighted by Gasteiger charge is -1.88. The van der Waals surface area contributed by atoms with Crippen molar-refractivity contribution in [3.05, 3.63) is 18.3 Å². The zero-order valence-corrected chi connectivity index (χ0v) is 7.34. The second-order valence-corrected chi connectivity index (χ2v) is 2.75. The minimum Gasteiger partial charge on any atom is -0.328 e. The van der Waals surface area contributed by atoms with Gasteiger partial charge >= 0.3 is 0 Å². The molecule has 0 spiro atoms. The second-order valence-electron chi connectivity index (χ2n) is 2.75. The SMILES string of the molecule is N=c1nc2ncnc-2nc2[nH]cnc2n1. The van der Waals surface area contributed by atoms with Gasteiger partial charge < -0.3 is 4.98 Å². The van der Waals surface area contributed by atoms with Crippen LogP contribution in [-0.2, 0) is 0 Å². The lowest BCUT2D eigenvalue weighted by molar-refractivity contribution is 0.979. The number of fused-ring (bicyclic) bond motifs is 2. The van der Waals surface area contributed by atoms with Crippen molar-refractivity contribution in [1.29, 1.82) is 5.41 Å². The Morgan fingerprint density at radius 1 is 1.00 bits per heavy atom. The van der Waals surface area contributed by atoms with Crippen LogP contribution in [0.2, 0.25) is 0 Å². The predicted octanol–water partition coefficient (Wildman–Crippen LogP) is -0.878. The standard InChI is InChI=1S/C7H4N8/c8-7-14-5-3(9-1-11-5)13-4-6(15-7)12-2-10-4/h1-2H,(H2,8,9,10,11,12,13,14,15).